The number of fused-ring (bicyclic) bond motifs is 1. The van der Waals surface area contributed by atoms with Crippen LogP contribution >= 0.6 is 0 Å². The van der Waals surface area contributed by atoms with E-state index in [0.717, 1.165) is 24.1 Å². The van der Waals surface area contributed by atoms with E-state index >= 15 is 0 Å². The van der Waals surface area contributed by atoms with Crippen LogP contribution in [0.3, 0.4) is 0 Å². The van der Waals surface area contributed by atoms with Gasteiger partial charge in [-0.15, -0.1) is 0 Å². The van der Waals surface area contributed by atoms with Gasteiger partial charge in [-0.2, -0.15) is 0 Å². The van der Waals surface area contributed by atoms with Gasteiger partial charge in [0.1, 0.15) is 0 Å². The lowest BCUT2D eigenvalue weighted by atomic mass is 9.99. The summed E-state index contributed by atoms with van der Waals surface area (Å²) < 4.78 is 0. The Morgan fingerprint density at radius 3 is 2.75 bits per heavy atom. The standard InChI is InChI=1S/C14H16N2O4/c1-9(17)15-8-13(18)16-6-2-3-10-7-11(14(19)20)4-5-12(10)16/h4-5,7H,2-3,6,8H2,1H3,(H,15,17)(H,19,20). The maximum atomic E-state index is 12.1. The molecule has 6 heteroatoms. The van der Waals surface area contributed by atoms with Gasteiger partial charge in [0, 0.05) is 19.2 Å². The topological polar surface area (TPSA) is 86.7 Å². The van der Waals surface area contributed by atoms with Crippen LogP contribution in [0.1, 0.15) is 29.3 Å². The van der Waals surface area contributed by atoms with Crippen LogP contribution in [-0.4, -0.2) is 36.0 Å². The molecule has 1 aliphatic heterocycles. The van der Waals surface area contributed by atoms with E-state index in [-0.39, 0.29) is 23.9 Å². The lowest BCUT2D eigenvalue weighted by Crippen LogP contribution is -2.42. The Bertz CT molecular complexity index is 568. The molecule has 1 aromatic carbocycles. The zero-order valence-corrected chi connectivity index (χ0v) is 11.2. The second-order valence-electron chi connectivity index (χ2n) is 4.71. The Morgan fingerprint density at radius 2 is 2.10 bits per heavy atom. The largest absolute Gasteiger partial charge is 0.478 e. The zero-order valence-electron chi connectivity index (χ0n) is 11.2. The van der Waals surface area contributed by atoms with Crippen molar-refractivity contribution in [3.8, 4) is 0 Å². The highest BCUT2D eigenvalue weighted by atomic mass is 16.4. The molecule has 0 radical (unpaired) electrons. The Morgan fingerprint density at radius 1 is 1.35 bits per heavy atom. The van der Waals surface area contributed by atoms with Crippen molar-refractivity contribution < 1.29 is 19.5 Å². The second-order valence-corrected chi connectivity index (χ2v) is 4.71. The van der Waals surface area contributed by atoms with Crippen LogP contribution in [0.25, 0.3) is 0 Å². The minimum absolute atomic E-state index is 0.0462. The molecule has 1 heterocycles. The highest BCUT2D eigenvalue weighted by Crippen LogP contribution is 2.28. The molecule has 2 rings (SSSR count). The summed E-state index contributed by atoms with van der Waals surface area (Å²) in [5, 5.41) is 11.5. The van der Waals surface area contributed by atoms with Crippen molar-refractivity contribution in [1.29, 1.82) is 0 Å². The number of hydrogen-bond donors (Lipinski definition) is 2. The van der Waals surface area contributed by atoms with Gasteiger partial charge in [0.25, 0.3) is 0 Å². The molecule has 1 aromatic rings. The number of amides is 2. The third-order valence-corrected chi connectivity index (χ3v) is 3.23. The number of rotatable bonds is 3. The Balaban J connectivity index is 2.22. The highest BCUT2D eigenvalue weighted by molar-refractivity contribution is 5.98. The Hall–Kier alpha value is -2.37. The predicted octanol–water partition coefficient (Wildman–Crippen LogP) is 0.800. The fourth-order valence-corrected chi connectivity index (χ4v) is 2.28. The molecule has 106 valence electrons. The van der Waals surface area contributed by atoms with Crippen molar-refractivity contribution in [2.24, 2.45) is 0 Å². The van der Waals surface area contributed by atoms with Gasteiger partial charge in [0.05, 0.1) is 12.1 Å². The number of nitrogens with one attached hydrogen (secondary N) is 1. The first kappa shape index (κ1) is 14.0. The maximum Gasteiger partial charge on any atom is 0.335 e. The van der Waals surface area contributed by atoms with Crippen LogP contribution < -0.4 is 10.2 Å². The van der Waals surface area contributed by atoms with Gasteiger partial charge < -0.3 is 15.3 Å². The molecule has 2 amide bonds. The fraction of sp³-hybridized carbons (Fsp3) is 0.357. The van der Waals surface area contributed by atoms with Crippen LogP contribution in [0.2, 0.25) is 0 Å². The van der Waals surface area contributed by atoms with Gasteiger partial charge in [-0.05, 0) is 36.6 Å². The molecule has 0 saturated heterocycles. The molecule has 0 aliphatic carbocycles. The van der Waals surface area contributed by atoms with Crippen molar-refractivity contribution in [3.63, 3.8) is 0 Å². The van der Waals surface area contributed by atoms with E-state index in [9.17, 15) is 14.4 Å². The molecule has 0 aromatic heterocycles. The molecule has 0 bridgehead atoms. The smallest absolute Gasteiger partial charge is 0.335 e. The third kappa shape index (κ3) is 2.96. The molecule has 20 heavy (non-hydrogen) atoms. The first-order chi connectivity index (χ1) is 9.49. The lowest BCUT2D eigenvalue weighted by Gasteiger charge is -2.29. The summed E-state index contributed by atoms with van der Waals surface area (Å²) in [6.07, 6.45) is 1.53. The van der Waals surface area contributed by atoms with Crippen LogP contribution in [0, 0.1) is 0 Å². The summed E-state index contributed by atoms with van der Waals surface area (Å²) >= 11 is 0. The van der Waals surface area contributed by atoms with Crippen LogP contribution in [0.4, 0.5) is 5.69 Å². The SMILES string of the molecule is CC(=O)NCC(=O)N1CCCc2cc(C(=O)O)ccc21. The summed E-state index contributed by atoms with van der Waals surface area (Å²) in [6, 6.07) is 4.75. The van der Waals surface area contributed by atoms with Crippen LogP contribution in [0.5, 0.6) is 0 Å². The molecule has 0 saturated carbocycles. The van der Waals surface area contributed by atoms with Gasteiger partial charge in [-0.25, -0.2) is 4.79 Å². The van der Waals surface area contributed by atoms with Crippen molar-refractivity contribution >= 4 is 23.5 Å². The lowest BCUT2D eigenvalue weighted by molar-refractivity contribution is -0.123. The number of benzene rings is 1. The average molecular weight is 276 g/mol. The summed E-state index contributed by atoms with van der Waals surface area (Å²) in [6.45, 7) is 1.89. The number of aryl methyl sites for hydroxylation is 1. The maximum absolute atomic E-state index is 12.1. The molecular formula is C14H16N2O4. The van der Waals surface area contributed by atoms with E-state index in [1.807, 2.05) is 0 Å². The summed E-state index contributed by atoms with van der Waals surface area (Å²) in [5.41, 5.74) is 1.81. The monoisotopic (exact) mass is 276 g/mol. The molecule has 2 N–H and O–H groups in total. The van der Waals surface area contributed by atoms with Crippen LogP contribution in [0.15, 0.2) is 18.2 Å². The third-order valence-electron chi connectivity index (χ3n) is 3.23. The molecule has 0 atom stereocenters. The number of aromatic carboxylic acids is 1. The molecule has 0 fully saturated rings. The first-order valence-corrected chi connectivity index (χ1v) is 6.40. The Labute approximate surface area is 116 Å². The summed E-state index contributed by atoms with van der Waals surface area (Å²) in [4.78, 5) is 35.5. The van der Waals surface area contributed by atoms with E-state index in [0.29, 0.717) is 6.54 Å². The molecule has 0 unspecified atom stereocenters. The number of carboxylic acid groups (broad SMARTS) is 1. The minimum Gasteiger partial charge on any atom is -0.478 e. The summed E-state index contributed by atoms with van der Waals surface area (Å²) in [7, 11) is 0. The zero-order chi connectivity index (χ0) is 14.7. The molecule has 0 spiro atoms. The van der Waals surface area contributed by atoms with Crippen molar-refractivity contribution in [3.05, 3.63) is 29.3 Å². The molecule has 1 aliphatic rings. The van der Waals surface area contributed by atoms with Gasteiger partial charge in [-0.1, -0.05) is 0 Å². The average Bonchev–Trinajstić information content (AvgIpc) is 2.43. The second kappa shape index (κ2) is 5.73. The van der Waals surface area contributed by atoms with Gasteiger partial charge in [0.15, 0.2) is 0 Å². The van der Waals surface area contributed by atoms with E-state index in [2.05, 4.69) is 5.32 Å². The number of carboxylic acids is 1. The molecular weight excluding hydrogens is 260 g/mol. The molecule has 6 nitrogen and oxygen atoms in total. The van der Waals surface area contributed by atoms with E-state index < -0.39 is 5.97 Å². The highest BCUT2D eigenvalue weighted by Gasteiger charge is 2.23. The minimum atomic E-state index is -0.977. The number of anilines is 1. The van der Waals surface area contributed by atoms with Crippen molar-refractivity contribution in [2.75, 3.05) is 18.0 Å². The van der Waals surface area contributed by atoms with E-state index in [1.165, 1.54) is 13.0 Å². The van der Waals surface area contributed by atoms with E-state index in [4.69, 9.17) is 5.11 Å². The number of nitrogens with zero attached hydrogens (tertiary/aromatic N) is 1. The summed E-state index contributed by atoms with van der Waals surface area (Å²) in [5.74, 6) is -1.42. The van der Waals surface area contributed by atoms with Gasteiger partial charge in [-0.3, -0.25) is 9.59 Å². The van der Waals surface area contributed by atoms with Crippen molar-refractivity contribution in [2.45, 2.75) is 19.8 Å². The Kier molecular flexibility index (Phi) is 4.02. The van der Waals surface area contributed by atoms with Gasteiger partial charge in [0.2, 0.25) is 11.8 Å². The first-order valence-electron chi connectivity index (χ1n) is 6.40. The number of hydrogen-bond acceptors (Lipinski definition) is 3. The van der Waals surface area contributed by atoms with E-state index in [1.54, 1.807) is 17.0 Å². The fourth-order valence-electron chi connectivity index (χ4n) is 2.28. The quantitative estimate of drug-likeness (QED) is 0.855. The van der Waals surface area contributed by atoms with Gasteiger partial charge >= 0.3 is 5.97 Å². The number of carbonyl (C=O) groups is 3. The normalized spacial score (nSPS) is 13.6. The number of carbonyl (C=O) groups excluding carboxylic acids is 2. The predicted molar refractivity (Wildman–Crippen MR) is 72.8 cm³/mol. The van der Waals surface area contributed by atoms with Crippen molar-refractivity contribution in [1.82, 2.24) is 5.32 Å². The van der Waals surface area contributed by atoms with Crippen LogP contribution in [-0.2, 0) is 16.0 Å².